The molecule has 154 valence electrons. The van der Waals surface area contributed by atoms with Crippen LogP contribution in [0.5, 0.6) is 0 Å². The van der Waals surface area contributed by atoms with Gasteiger partial charge in [-0.15, -0.1) is 0 Å². The van der Waals surface area contributed by atoms with Crippen LogP contribution in [-0.2, 0) is 0 Å². The third kappa shape index (κ3) is 13.1. The van der Waals surface area contributed by atoms with Crippen LogP contribution in [0.15, 0.2) is 24.3 Å². The first-order valence-electron chi connectivity index (χ1n) is 10.0. The maximum absolute atomic E-state index is 12.0. The van der Waals surface area contributed by atoms with Crippen molar-refractivity contribution in [1.82, 2.24) is 0 Å². The topological polar surface area (TPSA) is 49.3 Å². The fourth-order valence-electron chi connectivity index (χ4n) is 3.00. The summed E-state index contributed by atoms with van der Waals surface area (Å²) in [7, 11) is 0. The van der Waals surface area contributed by atoms with Gasteiger partial charge in [-0.1, -0.05) is 57.8 Å². The lowest BCUT2D eigenvalue weighted by Crippen LogP contribution is -2.06. The van der Waals surface area contributed by atoms with Crippen molar-refractivity contribution in [1.29, 1.82) is 0 Å². The molecule has 0 aliphatic rings. The molecule has 1 aromatic rings. The minimum atomic E-state index is -4.00. The Morgan fingerprint density at radius 2 is 1.22 bits per heavy atom. The number of carboxylic acids is 1. The van der Waals surface area contributed by atoms with E-state index in [2.05, 4.69) is 5.32 Å². The Morgan fingerprint density at radius 3 is 1.67 bits per heavy atom. The zero-order valence-corrected chi connectivity index (χ0v) is 16.0. The number of halogens is 3. The average Bonchev–Trinajstić information content (AvgIpc) is 2.61. The first kappa shape index (κ1) is 23.3. The number of benzene rings is 1. The van der Waals surface area contributed by atoms with Gasteiger partial charge in [0.05, 0.1) is 5.56 Å². The Kier molecular flexibility index (Phi) is 11.6. The van der Waals surface area contributed by atoms with E-state index >= 15 is 0 Å². The van der Waals surface area contributed by atoms with Crippen LogP contribution < -0.4 is 5.32 Å². The molecule has 0 aromatic heterocycles. The van der Waals surface area contributed by atoms with Crippen LogP contribution in [0.2, 0.25) is 0 Å². The lowest BCUT2D eigenvalue weighted by Gasteiger charge is -2.07. The molecular formula is C21H32F3NO2. The molecule has 0 fully saturated rings. The van der Waals surface area contributed by atoms with Crippen LogP contribution in [-0.4, -0.2) is 23.8 Å². The van der Waals surface area contributed by atoms with Gasteiger partial charge < -0.3 is 10.4 Å². The summed E-state index contributed by atoms with van der Waals surface area (Å²) < 4.78 is 36.0. The summed E-state index contributed by atoms with van der Waals surface area (Å²) in [6, 6.07) is 6.77. The highest BCUT2D eigenvalue weighted by atomic mass is 19.4. The van der Waals surface area contributed by atoms with E-state index in [-0.39, 0.29) is 6.42 Å². The van der Waals surface area contributed by atoms with Crippen LogP contribution >= 0.6 is 0 Å². The van der Waals surface area contributed by atoms with E-state index in [4.69, 9.17) is 5.11 Å². The van der Waals surface area contributed by atoms with Gasteiger partial charge in [-0.25, -0.2) is 4.79 Å². The summed E-state index contributed by atoms with van der Waals surface area (Å²) in [5.41, 5.74) is 1.23. The van der Waals surface area contributed by atoms with E-state index in [9.17, 15) is 18.0 Å². The molecule has 0 aliphatic carbocycles. The molecule has 0 spiro atoms. The van der Waals surface area contributed by atoms with Gasteiger partial charge in [0.15, 0.2) is 0 Å². The zero-order valence-electron chi connectivity index (χ0n) is 16.0. The minimum absolute atomic E-state index is 0.265. The van der Waals surface area contributed by atoms with Crippen molar-refractivity contribution in [3.8, 4) is 0 Å². The van der Waals surface area contributed by atoms with Gasteiger partial charge in [0.2, 0.25) is 0 Å². The van der Waals surface area contributed by atoms with E-state index in [0.717, 1.165) is 44.3 Å². The molecule has 27 heavy (non-hydrogen) atoms. The van der Waals surface area contributed by atoms with E-state index in [0.29, 0.717) is 12.0 Å². The Labute approximate surface area is 160 Å². The molecule has 0 saturated heterocycles. The Hall–Kier alpha value is -1.72. The number of aromatic carboxylic acids is 1. The normalized spacial score (nSPS) is 11.5. The first-order chi connectivity index (χ1) is 12.9. The molecule has 2 N–H and O–H groups in total. The standard InChI is InChI=1S/C21H32F3NO2/c22-21(23,24)16-10-8-6-4-2-1-3-5-7-9-11-17-25-19-14-12-18(13-15-19)20(26)27/h12-15,25H,1-11,16-17H2,(H,26,27). The number of rotatable bonds is 15. The van der Waals surface area contributed by atoms with Gasteiger partial charge >= 0.3 is 12.1 Å². The zero-order chi connectivity index (χ0) is 20.0. The lowest BCUT2D eigenvalue weighted by atomic mass is 10.1. The average molecular weight is 387 g/mol. The van der Waals surface area contributed by atoms with E-state index in [1.165, 1.54) is 25.7 Å². The van der Waals surface area contributed by atoms with Crippen molar-refractivity contribution in [2.45, 2.75) is 83.2 Å². The van der Waals surface area contributed by atoms with Crippen molar-refractivity contribution < 1.29 is 23.1 Å². The van der Waals surface area contributed by atoms with Crippen LogP contribution in [0.25, 0.3) is 0 Å². The molecule has 0 atom stereocenters. The Bertz CT molecular complexity index is 515. The van der Waals surface area contributed by atoms with Crippen LogP contribution in [0.1, 0.15) is 87.4 Å². The van der Waals surface area contributed by atoms with Gasteiger partial charge in [-0.05, 0) is 37.1 Å². The van der Waals surface area contributed by atoms with Crippen LogP contribution in [0, 0.1) is 0 Å². The second kappa shape index (κ2) is 13.4. The highest BCUT2D eigenvalue weighted by Crippen LogP contribution is 2.23. The lowest BCUT2D eigenvalue weighted by molar-refractivity contribution is -0.135. The fourth-order valence-corrected chi connectivity index (χ4v) is 3.00. The molecule has 0 amide bonds. The molecule has 0 bridgehead atoms. The van der Waals surface area contributed by atoms with Gasteiger partial charge in [0.1, 0.15) is 0 Å². The number of unbranched alkanes of at least 4 members (excludes halogenated alkanes) is 10. The Morgan fingerprint density at radius 1 is 0.778 bits per heavy atom. The highest BCUT2D eigenvalue weighted by molar-refractivity contribution is 5.87. The third-order valence-electron chi connectivity index (χ3n) is 4.60. The van der Waals surface area contributed by atoms with Crippen molar-refractivity contribution in [2.24, 2.45) is 0 Å². The van der Waals surface area contributed by atoms with Crippen molar-refractivity contribution in [3.63, 3.8) is 0 Å². The summed E-state index contributed by atoms with van der Waals surface area (Å²) in [5.74, 6) is -0.914. The SMILES string of the molecule is O=C(O)c1ccc(NCCCCCCCCCCCCCC(F)(F)F)cc1. The number of carbonyl (C=O) groups is 1. The van der Waals surface area contributed by atoms with E-state index in [1.54, 1.807) is 24.3 Å². The van der Waals surface area contributed by atoms with Crippen LogP contribution in [0.3, 0.4) is 0 Å². The summed E-state index contributed by atoms with van der Waals surface area (Å²) in [6.07, 6.45) is 6.42. The highest BCUT2D eigenvalue weighted by Gasteiger charge is 2.25. The van der Waals surface area contributed by atoms with Gasteiger partial charge in [0.25, 0.3) is 0 Å². The second-order valence-electron chi connectivity index (χ2n) is 7.06. The van der Waals surface area contributed by atoms with Crippen LogP contribution in [0.4, 0.5) is 18.9 Å². The number of nitrogens with one attached hydrogen (secondary N) is 1. The monoisotopic (exact) mass is 387 g/mol. The molecule has 0 unspecified atom stereocenters. The largest absolute Gasteiger partial charge is 0.478 e. The fraction of sp³-hybridized carbons (Fsp3) is 0.667. The number of carboxylic acid groups (broad SMARTS) is 1. The molecule has 0 saturated carbocycles. The molecule has 1 rings (SSSR count). The van der Waals surface area contributed by atoms with Crippen molar-refractivity contribution in [3.05, 3.63) is 29.8 Å². The number of hydrogen-bond donors (Lipinski definition) is 2. The molecular weight excluding hydrogens is 355 g/mol. The predicted molar refractivity (Wildman–Crippen MR) is 103 cm³/mol. The predicted octanol–water partition coefficient (Wildman–Crippen LogP) is 7.04. The molecule has 6 heteroatoms. The first-order valence-corrected chi connectivity index (χ1v) is 10.0. The van der Waals surface area contributed by atoms with E-state index < -0.39 is 18.6 Å². The van der Waals surface area contributed by atoms with E-state index in [1.807, 2.05) is 0 Å². The number of anilines is 1. The van der Waals surface area contributed by atoms with Gasteiger partial charge in [-0.3, -0.25) is 0 Å². The molecule has 1 aromatic carbocycles. The number of alkyl halides is 3. The molecule has 0 radical (unpaired) electrons. The van der Waals surface area contributed by atoms with Gasteiger partial charge in [0, 0.05) is 18.7 Å². The quantitative estimate of drug-likeness (QED) is 0.317. The smallest absolute Gasteiger partial charge is 0.389 e. The second-order valence-corrected chi connectivity index (χ2v) is 7.06. The molecule has 0 aliphatic heterocycles. The summed E-state index contributed by atoms with van der Waals surface area (Å²) in [4.78, 5) is 10.8. The maximum Gasteiger partial charge on any atom is 0.389 e. The Balaban J connectivity index is 1.84. The van der Waals surface area contributed by atoms with Crippen molar-refractivity contribution in [2.75, 3.05) is 11.9 Å². The molecule has 0 heterocycles. The van der Waals surface area contributed by atoms with Crippen molar-refractivity contribution >= 4 is 11.7 Å². The summed E-state index contributed by atoms with van der Waals surface area (Å²) >= 11 is 0. The number of hydrogen-bond acceptors (Lipinski definition) is 2. The maximum atomic E-state index is 12.0. The minimum Gasteiger partial charge on any atom is -0.478 e. The summed E-state index contributed by atoms with van der Waals surface area (Å²) in [5, 5.41) is 12.1. The molecule has 3 nitrogen and oxygen atoms in total. The third-order valence-corrected chi connectivity index (χ3v) is 4.60. The van der Waals surface area contributed by atoms with Gasteiger partial charge in [-0.2, -0.15) is 13.2 Å². The summed E-state index contributed by atoms with van der Waals surface area (Å²) in [6.45, 7) is 0.879.